The molecule has 0 aromatic heterocycles. The van der Waals surface area contributed by atoms with E-state index >= 15 is 0 Å². The Morgan fingerprint density at radius 3 is 2.78 bits per heavy atom. The number of rotatable bonds is 7. The van der Waals surface area contributed by atoms with E-state index in [1.54, 1.807) is 0 Å². The molecule has 1 N–H and O–H groups in total. The normalized spacial score (nSPS) is 17.9. The number of H-pyrrole nitrogens is 1. The number of hydrogen-bond donors (Lipinski definition) is 1. The first kappa shape index (κ1) is 21.2. The summed E-state index contributed by atoms with van der Waals surface area (Å²) < 4.78 is 13.5. The Labute approximate surface area is 187 Å². The number of morpholine rings is 1. The molecule has 0 spiro atoms. The Balaban J connectivity index is 1.40. The van der Waals surface area contributed by atoms with Crippen molar-refractivity contribution in [2.24, 2.45) is 0 Å². The van der Waals surface area contributed by atoms with E-state index in [9.17, 15) is 4.79 Å². The quantitative estimate of drug-likeness (QED) is 0.611. The lowest BCUT2D eigenvalue weighted by atomic mass is 10.1. The summed E-state index contributed by atoms with van der Waals surface area (Å²) in [5, 5.41) is 3.45. The van der Waals surface area contributed by atoms with E-state index < -0.39 is 0 Å². The number of fused-ring (bicyclic) bond motifs is 1. The van der Waals surface area contributed by atoms with E-state index in [0.29, 0.717) is 24.0 Å². The fourth-order valence-corrected chi connectivity index (χ4v) is 4.78. The maximum Gasteiger partial charge on any atom is 0.284 e. The van der Waals surface area contributed by atoms with Gasteiger partial charge in [-0.15, -0.1) is 0 Å². The first-order chi connectivity index (χ1) is 15.7. The molecule has 1 aromatic rings. The highest BCUT2D eigenvalue weighted by atomic mass is 16.5. The number of aryl methyl sites for hydroxylation is 1. The molecule has 1 aliphatic carbocycles. The average Bonchev–Trinajstić information content (AvgIpc) is 3.48. The third kappa shape index (κ3) is 4.29. The van der Waals surface area contributed by atoms with E-state index in [4.69, 9.17) is 14.5 Å². The molecular formula is C24H31N5O3. The summed E-state index contributed by atoms with van der Waals surface area (Å²) in [7, 11) is 0. The molecule has 2 fully saturated rings. The second kappa shape index (κ2) is 9.42. The topological polar surface area (TPSA) is 85.3 Å². The van der Waals surface area contributed by atoms with Crippen molar-refractivity contribution >= 4 is 0 Å². The number of hydrogen-bond acceptors (Lipinski definition) is 6. The van der Waals surface area contributed by atoms with Crippen molar-refractivity contribution in [2.75, 3.05) is 39.5 Å². The summed E-state index contributed by atoms with van der Waals surface area (Å²) in [5.41, 5.74) is 2.13. The van der Waals surface area contributed by atoms with Crippen molar-refractivity contribution in [1.29, 1.82) is 0 Å². The lowest BCUT2D eigenvalue weighted by molar-refractivity contribution is 0.0322. The molecule has 1 saturated carbocycles. The minimum Gasteiger partial charge on any atom is -0.492 e. The highest BCUT2D eigenvalue weighted by Gasteiger charge is 2.27. The van der Waals surface area contributed by atoms with Gasteiger partial charge < -0.3 is 9.47 Å². The molecule has 8 heteroatoms. The summed E-state index contributed by atoms with van der Waals surface area (Å²) in [6.45, 7) is 6.98. The molecule has 5 rings (SSSR count). The van der Waals surface area contributed by atoms with Gasteiger partial charge in [-0.3, -0.25) is 19.5 Å². The van der Waals surface area contributed by atoms with Crippen LogP contribution in [0.25, 0.3) is 22.8 Å². The summed E-state index contributed by atoms with van der Waals surface area (Å²) in [6, 6.07) is 8.09. The van der Waals surface area contributed by atoms with Gasteiger partial charge in [-0.1, -0.05) is 31.9 Å². The number of nitrogens with one attached hydrogen (secondary N) is 1. The van der Waals surface area contributed by atoms with Gasteiger partial charge in [-0.05, 0) is 31.4 Å². The summed E-state index contributed by atoms with van der Waals surface area (Å²) >= 11 is 0. The van der Waals surface area contributed by atoms with Gasteiger partial charge >= 0.3 is 0 Å². The molecule has 32 heavy (non-hydrogen) atoms. The maximum absolute atomic E-state index is 13.0. The first-order valence-corrected chi connectivity index (χ1v) is 11.8. The summed E-state index contributed by atoms with van der Waals surface area (Å²) in [5.74, 6) is 1.94. The molecule has 4 aliphatic rings. The minimum atomic E-state index is -0.214. The van der Waals surface area contributed by atoms with Gasteiger partial charge in [0.25, 0.3) is 5.56 Å². The predicted octanol–water partition coefficient (Wildman–Crippen LogP) is 3.13. The highest BCUT2D eigenvalue weighted by molar-refractivity contribution is 5.65. The second-order valence-electron chi connectivity index (χ2n) is 8.63. The van der Waals surface area contributed by atoms with Gasteiger partial charge in [0, 0.05) is 30.9 Å². The lowest BCUT2D eigenvalue weighted by Gasteiger charge is -2.26. The van der Waals surface area contributed by atoms with Crippen molar-refractivity contribution < 1.29 is 9.47 Å². The summed E-state index contributed by atoms with van der Waals surface area (Å²) in [4.78, 5) is 24.5. The lowest BCUT2D eigenvalue weighted by Crippen LogP contribution is -2.38. The molecule has 8 nitrogen and oxygen atoms in total. The van der Waals surface area contributed by atoms with E-state index in [0.717, 1.165) is 74.9 Å². The zero-order chi connectivity index (χ0) is 21.9. The number of ether oxygens (including phenoxy) is 2. The number of aromatic nitrogens is 4. The largest absolute Gasteiger partial charge is 0.492 e. The number of aromatic amines is 1. The smallest absolute Gasteiger partial charge is 0.284 e. The monoisotopic (exact) mass is 437 g/mol. The summed E-state index contributed by atoms with van der Waals surface area (Å²) in [6.07, 6.45) is 5.41. The van der Waals surface area contributed by atoms with Gasteiger partial charge in [0.2, 0.25) is 0 Å². The van der Waals surface area contributed by atoms with E-state index in [-0.39, 0.29) is 5.56 Å². The maximum atomic E-state index is 13.0. The standard InChI is InChI=1S/C24H31N5O3/c1-2-20-21-23(29(27-20)18-7-3-4-8-18)25-22(26-24(21)30)17-6-5-9-19(16-17)32-15-12-28-10-13-31-14-11-28/h5-6,9,16,18,27H,2-4,7-8,10-15H2,1H3. The minimum absolute atomic E-state index is 0.214. The molecule has 1 saturated heterocycles. The van der Waals surface area contributed by atoms with Crippen molar-refractivity contribution in [2.45, 2.75) is 45.1 Å². The van der Waals surface area contributed by atoms with E-state index in [1.165, 1.54) is 12.8 Å². The third-order valence-electron chi connectivity index (χ3n) is 6.56. The van der Waals surface area contributed by atoms with Crippen LogP contribution in [0.4, 0.5) is 0 Å². The zero-order valence-electron chi connectivity index (χ0n) is 18.7. The van der Waals surface area contributed by atoms with E-state index in [2.05, 4.69) is 26.6 Å². The molecule has 1 aromatic carbocycles. The fourth-order valence-electron chi connectivity index (χ4n) is 4.78. The van der Waals surface area contributed by atoms with Gasteiger partial charge in [0.15, 0.2) is 11.6 Å². The van der Waals surface area contributed by atoms with E-state index in [1.807, 2.05) is 24.3 Å². The molecular weight excluding hydrogens is 406 g/mol. The van der Waals surface area contributed by atoms with Crippen LogP contribution in [0.2, 0.25) is 0 Å². The highest BCUT2D eigenvalue weighted by Crippen LogP contribution is 2.34. The SMILES string of the molecule is CCc1[nH]n(C2CCCC2)c2nc(-c3cccc(OCCN4CCOCC4)c3)nc(=O)c1-2. The number of nitrogens with zero attached hydrogens (tertiary/aromatic N) is 4. The molecule has 0 amide bonds. The van der Waals surface area contributed by atoms with Crippen LogP contribution in [0, 0.1) is 0 Å². The molecule has 0 atom stereocenters. The third-order valence-corrected chi connectivity index (χ3v) is 6.56. The van der Waals surface area contributed by atoms with Crippen LogP contribution in [0.5, 0.6) is 5.75 Å². The Bertz CT molecular complexity index is 1080. The van der Waals surface area contributed by atoms with Crippen LogP contribution in [0.1, 0.15) is 44.3 Å². The zero-order valence-corrected chi connectivity index (χ0v) is 18.7. The Morgan fingerprint density at radius 1 is 1.19 bits per heavy atom. The first-order valence-electron chi connectivity index (χ1n) is 11.8. The molecule has 0 radical (unpaired) electrons. The van der Waals surface area contributed by atoms with Crippen LogP contribution >= 0.6 is 0 Å². The van der Waals surface area contributed by atoms with Crippen molar-refractivity contribution in [3.8, 4) is 28.5 Å². The Kier molecular flexibility index (Phi) is 6.23. The van der Waals surface area contributed by atoms with Gasteiger partial charge in [0.05, 0.1) is 19.3 Å². The second-order valence-corrected chi connectivity index (χ2v) is 8.63. The fraction of sp³-hybridized carbons (Fsp3) is 0.542. The van der Waals surface area contributed by atoms with Crippen LogP contribution in [-0.4, -0.2) is 64.1 Å². The average molecular weight is 438 g/mol. The van der Waals surface area contributed by atoms with Crippen molar-refractivity contribution in [3.05, 3.63) is 40.3 Å². The van der Waals surface area contributed by atoms with Crippen molar-refractivity contribution in [3.63, 3.8) is 0 Å². The molecule has 0 bridgehead atoms. The van der Waals surface area contributed by atoms with Crippen LogP contribution in [0.15, 0.2) is 29.1 Å². The van der Waals surface area contributed by atoms with Crippen LogP contribution < -0.4 is 10.3 Å². The van der Waals surface area contributed by atoms with Crippen LogP contribution in [-0.2, 0) is 11.2 Å². The van der Waals surface area contributed by atoms with Gasteiger partial charge in [-0.25, -0.2) is 4.98 Å². The molecule has 3 heterocycles. The van der Waals surface area contributed by atoms with Crippen LogP contribution in [0.3, 0.4) is 0 Å². The van der Waals surface area contributed by atoms with Gasteiger partial charge in [0.1, 0.15) is 17.9 Å². The molecule has 0 unspecified atom stereocenters. The molecule has 170 valence electrons. The van der Waals surface area contributed by atoms with Gasteiger partial charge in [-0.2, -0.15) is 4.98 Å². The predicted molar refractivity (Wildman–Crippen MR) is 122 cm³/mol. The Hall–Kier alpha value is -2.71. The van der Waals surface area contributed by atoms with Crippen molar-refractivity contribution in [1.82, 2.24) is 24.6 Å². The molecule has 3 aliphatic heterocycles. The Morgan fingerprint density at radius 2 is 2.00 bits per heavy atom. The number of benzene rings is 1.